The van der Waals surface area contributed by atoms with E-state index in [9.17, 15) is 22.8 Å². The third-order valence-corrected chi connectivity index (χ3v) is 6.34. The van der Waals surface area contributed by atoms with Gasteiger partial charge in [0.05, 0.1) is 17.2 Å². The molecule has 1 aromatic heterocycles. The van der Waals surface area contributed by atoms with Crippen molar-refractivity contribution in [3.05, 3.63) is 16.1 Å². The van der Waals surface area contributed by atoms with Crippen molar-refractivity contribution in [2.75, 3.05) is 39.4 Å². The summed E-state index contributed by atoms with van der Waals surface area (Å²) in [5.74, 6) is 0.0695. The number of urea groups is 1. The predicted molar refractivity (Wildman–Crippen MR) is 93.8 cm³/mol. The van der Waals surface area contributed by atoms with Crippen LogP contribution >= 0.6 is 11.3 Å². The maximum atomic E-state index is 12.7. The van der Waals surface area contributed by atoms with Crippen LogP contribution < -0.4 is 5.32 Å². The first-order valence-electron chi connectivity index (χ1n) is 9.18. The molecule has 3 aliphatic rings. The number of thiazole rings is 1. The minimum atomic E-state index is -4.40. The van der Waals surface area contributed by atoms with Gasteiger partial charge in [0.1, 0.15) is 6.61 Å². The van der Waals surface area contributed by atoms with Crippen LogP contribution in [-0.2, 0) is 22.1 Å². The number of amides is 3. The molecule has 1 spiro atoms. The van der Waals surface area contributed by atoms with Gasteiger partial charge < -0.3 is 19.9 Å². The molecule has 0 bridgehead atoms. The average Bonchev–Trinajstić information content (AvgIpc) is 3.08. The van der Waals surface area contributed by atoms with E-state index in [1.807, 2.05) is 0 Å². The number of likely N-dealkylation sites (tertiary alicyclic amines) is 2. The van der Waals surface area contributed by atoms with Gasteiger partial charge >= 0.3 is 12.2 Å². The van der Waals surface area contributed by atoms with Crippen molar-refractivity contribution in [3.8, 4) is 0 Å². The number of rotatable bonds is 2. The first kappa shape index (κ1) is 19.4. The van der Waals surface area contributed by atoms with E-state index < -0.39 is 17.4 Å². The molecule has 0 aromatic carbocycles. The second-order valence-corrected chi connectivity index (χ2v) is 8.66. The summed E-state index contributed by atoms with van der Waals surface area (Å²) in [5, 5.41) is 4.45. The number of halogens is 3. The van der Waals surface area contributed by atoms with E-state index in [0.29, 0.717) is 44.2 Å². The molecule has 3 fully saturated rings. The highest BCUT2D eigenvalue weighted by molar-refractivity contribution is 7.09. The average molecular weight is 418 g/mol. The summed E-state index contributed by atoms with van der Waals surface area (Å²) in [4.78, 5) is 31.3. The largest absolute Gasteiger partial charge is 0.434 e. The number of carbonyl (C=O) groups excluding carboxylic acids is 2. The minimum absolute atomic E-state index is 0.0579. The lowest BCUT2D eigenvalue weighted by molar-refractivity contribution is -0.141. The number of carbonyl (C=O) groups is 2. The van der Waals surface area contributed by atoms with E-state index in [-0.39, 0.29) is 24.5 Å². The zero-order chi connectivity index (χ0) is 19.9. The molecule has 4 heterocycles. The number of piperidine rings is 1. The fraction of sp³-hybridized carbons (Fsp3) is 0.706. The highest BCUT2D eigenvalue weighted by Gasteiger charge is 2.49. The molecule has 0 radical (unpaired) electrons. The van der Waals surface area contributed by atoms with Gasteiger partial charge in [-0.3, -0.25) is 4.79 Å². The van der Waals surface area contributed by atoms with Gasteiger partial charge in [-0.1, -0.05) is 0 Å². The molecule has 28 heavy (non-hydrogen) atoms. The van der Waals surface area contributed by atoms with Crippen molar-refractivity contribution in [2.45, 2.75) is 31.0 Å². The van der Waals surface area contributed by atoms with Crippen LogP contribution in [-0.4, -0.2) is 71.7 Å². The van der Waals surface area contributed by atoms with Crippen LogP contribution in [0.3, 0.4) is 0 Å². The van der Waals surface area contributed by atoms with Gasteiger partial charge in [0.2, 0.25) is 5.91 Å². The second kappa shape index (κ2) is 7.18. The third kappa shape index (κ3) is 3.95. The van der Waals surface area contributed by atoms with Crippen molar-refractivity contribution < 1.29 is 27.5 Å². The molecule has 4 rings (SSSR count). The monoisotopic (exact) mass is 418 g/mol. The maximum Gasteiger partial charge on any atom is 0.434 e. The lowest BCUT2D eigenvalue weighted by Gasteiger charge is -2.52. The van der Waals surface area contributed by atoms with Gasteiger partial charge in [-0.15, -0.1) is 11.3 Å². The Morgan fingerprint density at radius 1 is 1.32 bits per heavy atom. The van der Waals surface area contributed by atoms with Gasteiger partial charge in [0.15, 0.2) is 5.69 Å². The van der Waals surface area contributed by atoms with Gasteiger partial charge in [-0.25, -0.2) is 9.78 Å². The molecule has 0 aliphatic carbocycles. The highest BCUT2D eigenvalue weighted by Crippen LogP contribution is 2.32. The molecule has 7 nitrogen and oxygen atoms in total. The Labute approximate surface area is 163 Å². The topological polar surface area (TPSA) is 74.8 Å². The van der Waals surface area contributed by atoms with Crippen LogP contribution in [0.1, 0.15) is 23.5 Å². The number of nitrogens with one attached hydrogen (secondary N) is 1. The predicted octanol–water partition coefficient (Wildman–Crippen LogP) is 1.74. The third-order valence-electron chi connectivity index (χ3n) is 5.46. The summed E-state index contributed by atoms with van der Waals surface area (Å²) >= 11 is 1.04. The molecule has 0 atom stereocenters. The molecule has 0 saturated carbocycles. The lowest BCUT2D eigenvalue weighted by atomic mass is 9.89. The molecule has 1 N–H and O–H groups in total. The molecule has 3 aliphatic heterocycles. The SMILES string of the molecule is O=C1COCC2(CN(C(=O)N3CCC(Cc4nc(C(F)(F)F)cs4)CC3)C2)N1. The fourth-order valence-corrected chi connectivity index (χ4v) is 4.92. The molecular weight excluding hydrogens is 397 g/mol. The van der Waals surface area contributed by atoms with Crippen LogP contribution in [0, 0.1) is 5.92 Å². The summed E-state index contributed by atoms with van der Waals surface area (Å²) in [5.41, 5.74) is -1.28. The number of ether oxygens (including phenoxy) is 1. The Morgan fingerprint density at radius 3 is 2.64 bits per heavy atom. The standard InChI is InChI=1S/C17H21F3N4O3S/c18-17(19,20)12-7-28-14(21-12)5-11-1-3-23(4-2-11)15(26)24-8-16(9-24)10-27-6-13(25)22-16/h7,11H,1-6,8-10H2,(H,22,25). The molecule has 11 heteroatoms. The quantitative estimate of drug-likeness (QED) is 0.794. The van der Waals surface area contributed by atoms with Gasteiger partial charge in [0.25, 0.3) is 0 Å². The zero-order valence-electron chi connectivity index (χ0n) is 15.1. The Bertz CT molecular complexity index is 755. The Morgan fingerprint density at radius 2 is 2.04 bits per heavy atom. The Hall–Kier alpha value is -1.88. The smallest absolute Gasteiger partial charge is 0.369 e. The lowest BCUT2D eigenvalue weighted by Crippen LogP contribution is -2.76. The summed E-state index contributed by atoms with van der Waals surface area (Å²) in [6, 6.07) is -0.0579. The normalized spacial score (nSPS) is 22.9. The minimum Gasteiger partial charge on any atom is -0.369 e. The van der Waals surface area contributed by atoms with Gasteiger partial charge in [-0.2, -0.15) is 13.2 Å². The Balaban J connectivity index is 1.24. The van der Waals surface area contributed by atoms with E-state index in [4.69, 9.17) is 4.74 Å². The highest BCUT2D eigenvalue weighted by atomic mass is 32.1. The van der Waals surface area contributed by atoms with E-state index >= 15 is 0 Å². The van der Waals surface area contributed by atoms with E-state index in [1.54, 1.807) is 9.80 Å². The van der Waals surface area contributed by atoms with Crippen molar-refractivity contribution in [3.63, 3.8) is 0 Å². The molecule has 1 aromatic rings. The van der Waals surface area contributed by atoms with E-state index in [0.717, 1.165) is 29.6 Å². The van der Waals surface area contributed by atoms with Gasteiger partial charge in [0, 0.05) is 38.0 Å². The Kier molecular flexibility index (Phi) is 4.98. The zero-order valence-corrected chi connectivity index (χ0v) is 15.9. The van der Waals surface area contributed by atoms with Crippen molar-refractivity contribution in [1.82, 2.24) is 20.1 Å². The van der Waals surface area contributed by atoms with Gasteiger partial charge in [-0.05, 0) is 18.8 Å². The van der Waals surface area contributed by atoms with E-state index in [1.165, 1.54) is 0 Å². The van der Waals surface area contributed by atoms with Crippen LogP contribution in [0.2, 0.25) is 0 Å². The van der Waals surface area contributed by atoms with Crippen molar-refractivity contribution >= 4 is 23.3 Å². The summed E-state index contributed by atoms with van der Waals surface area (Å²) in [6.07, 6.45) is -2.40. The summed E-state index contributed by atoms with van der Waals surface area (Å²) in [6.45, 7) is 2.51. The number of morpholine rings is 1. The van der Waals surface area contributed by atoms with Crippen LogP contribution in [0.5, 0.6) is 0 Å². The van der Waals surface area contributed by atoms with Crippen LogP contribution in [0.25, 0.3) is 0 Å². The maximum absolute atomic E-state index is 12.7. The van der Waals surface area contributed by atoms with E-state index in [2.05, 4.69) is 10.3 Å². The summed E-state index contributed by atoms with van der Waals surface area (Å²) in [7, 11) is 0. The van der Waals surface area contributed by atoms with Crippen molar-refractivity contribution in [1.29, 1.82) is 0 Å². The number of aromatic nitrogens is 1. The summed E-state index contributed by atoms with van der Waals surface area (Å²) < 4.78 is 43.2. The number of hydrogen-bond acceptors (Lipinski definition) is 5. The number of hydrogen-bond donors (Lipinski definition) is 1. The first-order chi connectivity index (χ1) is 13.2. The number of alkyl halides is 3. The first-order valence-corrected chi connectivity index (χ1v) is 10.1. The second-order valence-electron chi connectivity index (χ2n) is 7.72. The molecule has 0 unspecified atom stereocenters. The fourth-order valence-electron chi connectivity index (χ4n) is 4.01. The molecular formula is C17H21F3N4O3S. The molecule has 3 saturated heterocycles. The van der Waals surface area contributed by atoms with Crippen molar-refractivity contribution in [2.24, 2.45) is 5.92 Å². The van der Waals surface area contributed by atoms with Crippen LogP contribution in [0.15, 0.2) is 5.38 Å². The number of nitrogens with zero attached hydrogens (tertiary/aromatic N) is 3. The molecule has 154 valence electrons. The molecule has 3 amide bonds. The van der Waals surface area contributed by atoms with Crippen LogP contribution in [0.4, 0.5) is 18.0 Å².